The number of benzene rings is 4. The van der Waals surface area contributed by atoms with Crippen molar-refractivity contribution in [3.8, 4) is 5.75 Å². The summed E-state index contributed by atoms with van der Waals surface area (Å²) in [7, 11) is 0. The molecule has 0 saturated carbocycles. The summed E-state index contributed by atoms with van der Waals surface area (Å²) in [6.07, 6.45) is 1.61. The molecule has 0 heterocycles. The van der Waals surface area contributed by atoms with Gasteiger partial charge in [-0.15, -0.1) is 11.8 Å². The van der Waals surface area contributed by atoms with E-state index < -0.39 is 11.8 Å². The first-order valence-electron chi connectivity index (χ1n) is 13.2. The second-order valence-electron chi connectivity index (χ2n) is 9.11. The van der Waals surface area contributed by atoms with Gasteiger partial charge in [-0.3, -0.25) is 14.4 Å². The average molecular weight is 600 g/mol. The first-order chi connectivity index (χ1) is 20.3. The van der Waals surface area contributed by atoms with Crippen LogP contribution in [0.1, 0.15) is 28.4 Å². The van der Waals surface area contributed by atoms with Crippen molar-refractivity contribution in [2.45, 2.75) is 18.7 Å². The minimum Gasteiger partial charge on any atom is -0.494 e. The number of amides is 3. The minimum atomic E-state index is -0.482. The van der Waals surface area contributed by atoms with E-state index in [1.165, 1.54) is 11.8 Å². The lowest BCUT2D eigenvalue weighted by atomic mass is 10.1. The third-order valence-electron chi connectivity index (χ3n) is 6.05. The molecule has 7 nitrogen and oxygen atoms in total. The van der Waals surface area contributed by atoms with Crippen LogP contribution in [0.3, 0.4) is 0 Å². The molecule has 4 aromatic rings. The fourth-order valence-corrected chi connectivity index (χ4v) is 4.72. The number of halogens is 1. The van der Waals surface area contributed by atoms with Gasteiger partial charge in [-0.05, 0) is 91.7 Å². The molecule has 0 aliphatic carbocycles. The number of ether oxygens (including phenoxy) is 1. The van der Waals surface area contributed by atoms with Gasteiger partial charge >= 0.3 is 0 Å². The number of thioether (sulfide) groups is 1. The molecule has 3 amide bonds. The van der Waals surface area contributed by atoms with Crippen molar-refractivity contribution in [2.75, 3.05) is 23.0 Å². The van der Waals surface area contributed by atoms with E-state index in [1.54, 1.807) is 66.7 Å². The summed E-state index contributed by atoms with van der Waals surface area (Å²) in [6.45, 7) is 4.30. The van der Waals surface area contributed by atoms with Crippen LogP contribution < -0.4 is 20.7 Å². The maximum atomic E-state index is 13.3. The molecule has 214 valence electrons. The summed E-state index contributed by atoms with van der Waals surface area (Å²) in [5.41, 5.74) is 3.26. The van der Waals surface area contributed by atoms with E-state index in [0.717, 1.165) is 16.0 Å². The van der Waals surface area contributed by atoms with Crippen LogP contribution in [0, 0.1) is 6.92 Å². The van der Waals surface area contributed by atoms with Crippen molar-refractivity contribution in [1.29, 1.82) is 0 Å². The molecule has 0 spiro atoms. The third kappa shape index (κ3) is 8.73. The van der Waals surface area contributed by atoms with Gasteiger partial charge in [-0.25, -0.2) is 0 Å². The van der Waals surface area contributed by atoms with E-state index in [2.05, 4.69) is 16.0 Å². The Morgan fingerprint density at radius 3 is 2.26 bits per heavy atom. The van der Waals surface area contributed by atoms with Gasteiger partial charge in [0.2, 0.25) is 5.91 Å². The van der Waals surface area contributed by atoms with E-state index in [0.29, 0.717) is 34.3 Å². The third-order valence-corrected chi connectivity index (χ3v) is 7.48. The van der Waals surface area contributed by atoms with E-state index in [4.69, 9.17) is 16.3 Å². The summed E-state index contributed by atoms with van der Waals surface area (Å²) in [5, 5.41) is 9.05. The molecular weight excluding hydrogens is 570 g/mol. The summed E-state index contributed by atoms with van der Waals surface area (Å²) >= 11 is 7.50. The van der Waals surface area contributed by atoms with Gasteiger partial charge in [-0.2, -0.15) is 0 Å². The quantitative estimate of drug-likeness (QED) is 0.125. The normalized spacial score (nSPS) is 11.0. The van der Waals surface area contributed by atoms with Crippen LogP contribution in [0.5, 0.6) is 5.75 Å². The van der Waals surface area contributed by atoms with Gasteiger partial charge < -0.3 is 20.7 Å². The second-order valence-corrected chi connectivity index (χ2v) is 10.6. The Hall–Kier alpha value is -4.53. The Balaban J connectivity index is 1.41. The summed E-state index contributed by atoms with van der Waals surface area (Å²) in [5.74, 6) is -0.117. The predicted octanol–water partition coefficient (Wildman–Crippen LogP) is 7.19. The maximum Gasteiger partial charge on any atom is 0.272 e. The molecule has 0 atom stereocenters. The number of hydrogen-bond donors (Lipinski definition) is 3. The fraction of sp³-hybridized carbons (Fsp3) is 0.121. The number of carbonyl (C=O) groups excluding carboxylic acids is 3. The van der Waals surface area contributed by atoms with Crippen LogP contribution >= 0.6 is 23.4 Å². The largest absolute Gasteiger partial charge is 0.494 e. The number of hydrogen-bond acceptors (Lipinski definition) is 5. The summed E-state index contributed by atoms with van der Waals surface area (Å²) in [4.78, 5) is 39.5. The predicted molar refractivity (Wildman–Crippen MR) is 170 cm³/mol. The Morgan fingerprint density at radius 2 is 1.57 bits per heavy atom. The molecule has 9 heteroatoms. The van der Waals surface area contributed by atoms with Gasteiger partial charge in [-0.1, -0.05) is 48.0 Å². The highest BCUT2D eigenvalue weighted by atomic mass is 35.5. The van der Waals surface area contributed by atoms with Crippen molar-refractivity contribution in [2.24, 2.45) is 0 Å². The van der Waals surface area contributed by atoms with E-state index in [-0.39, 0.29) is 17.4 Å². The lowest BCUT2D eigenvalue weighted by molar-refractivity contribution is -0.114. The van der Waals surface area contributed by atoms with Crippen molar-refractivity contribution in [3.05, 3.63) is 124 Å². The van der Waals surface area contributed by atoms with Gasteiger partial charge in [0.05, 0.1) is 12.4 Å². The topological polar surface area (TPSA) is 96.5 Å². The van der Waals surface area contributed by atoms with Crippen LogP contribution in [0.15, 0.2) is 108 Å². The van der Waals surface area contributed by atoms with Crippen molar-refractivity contribution in [1.82, 2.24) is 5.32 Å². The zero-order chi connectivity index (χ0) is 29.9. The van der Waals surface area contributed by atoms with Crippen LogP contribution in [-0.4, -0.2) is 30.1 Å². The average Bonchev–Trinajstić information content (AvgIpc) is 3.00. The number of carbonyl (C=O) groups is 3. The smallest absolute Gasteiger partial charge is 0.272 e. The van der Waals surface area contributed by atoms with E-state index >= 15 is 0 Å². The molecule has 4 rings (SSSR count). The standard InChI is InChI=1S/C33H30ClN3O4S/c1-3-41-26-16-12-23(13-17-26)20-30(37-32(39)24-8-5-4-6-9-24)33(40)35-25-14-18-27(19-15-25)42-21-31(38)36-29-11-7-10-28(34)22(29)2/h4-20H,3,21H2,1-2H3,(H,35,40)(H,36,38)(H,37,39)/b30-20-. The molecule has 0 aliphatic heterocycles. The van der Waals surface area contributed by atoms with Gasteiger partial charge in [0.1, 0.15) is 11.4 Å². The summed E-state index contributed by atoms with van der Waals surface area (Å²) < 4.78 is 5.49. The Kier molecular flexibility index (Phi) is 10.8. The molecule has 0 radical (unpaired) electrons. The molecule has 0 unspecified atom stereocenters. The van der Waals surface area contributed by atoms with Crippen LogP contribution in [-0.2, 0) is 9.59 Å². The van der Waals surface area contributed by atoms with Crippen molar-refractivity contribution < 1.29 is 19.1 Å². The summed E-state index contributed by atoms with van der Waals surface area (Å²) in [6, 6.07) is 28.4. The second kappa shape index (κ2) is 14.9. The highest BCUT2D eigenvalue weighted by molar-refractivity contribution is 8.00. The molecule has 42 heavy (non-hydrogen) atoms. The number of rotatable bonds is 11. The molecule has 0 aromatic heterocycles. The molecular formula is C33H30ClN3O4S. The van der Waals surface area contributed by atoms with Gasteiger partial charge in [0.15, 0.2) is 0 Å². The maximum absolute atomic E-state index is 13.3. The molecule has 3 N–H and O–H groups in total. The Labute approximate surface area is 254 Å². The highest BCUT2D eigenvalue weighted by Gasteiger charge is 2.15. The van der Waals surface area contributed by atoms with Gasteiger partial charge in [0, 0.05) is 26.9 Å². The lowest BCUT2D eigenvalue weighted by Gasteiger charge is -2.12. The molecule has 4 aromatic carbocycles. The highest BCUT2D eigenvalue weighted by Crippen LogP contribution is 2.25. The minimum absolute atomic E-state index is 0.0828. The number of nitrogens with one attached hydrogen (secondary N) is 3. The first kappa shape index (κ1) is 30.4. The molecule has 0 aliphatic rings. The monoisotopic (exact) mass is 599 g/mol. The Bertz CT molecular complexity index is 1570. The van der Waals surface area contributed by atoms with Crippen molar-refractivity contribution in [3.63, 3.8) is 0 Å². The molecule has 0 bridgehead atoms. The van der Waals surface area contributed by atoms with Crippen molar-refractivity contribution >= 4 is 58.5 Å². The van der Waals surface area contributed by atoms with Gasteiger partial charge in [0.25, 0.3) is 11.8 Å². The van der Waals surface area contributed by atoms with Crippen LogP contribution in [0.25, 0.3) is 6.08 Å². The molecule has 0 saturated heterocycles. The Morgan fingerprint density at radius 1 is 0.857 bits per heavy atom. The first-order valence-corrected chi connectivity index (χ1v) is 14.6. The fourth-order valence-electron chi connectivity index (χ4n) is 3.85. The van der Waals surface area contributed by atoms with Crippen LogP contribution in [0.4, 0.5) is 11.4 Å². The van der Waals surface area contributed by atoms with E-state index in [9.17, 15) is 14.4 Å². The van der Waals surface area contributed by atoms with E-state index in [1.807, 2.05) is 50.2 Å². The zero-order valence-electron chi connectivity index (χ0n) is 23.1. The number of anilines is 2. The zero-order valence-corrected chi connectivity index (χ0v) is 24.7. The molecule has 0 fully saturated rings. The SMILES string of the molecule is CCOc1ccc(/C=C(\NC(=O)c2ccccc2)C(=O)Nc2ccc(SCC(=O)Nc3cccc(Cl)c3C)cc2)cc1. The lowest BCUT2D eigenvalue weighted by Crippen LogP contribution is -2.30. The van der Waals surface area contributed by atoms with Crippen LogP contribution in [0.2, 0.25) is 5.02 Å².